The Hall–Kier alpha value is -2.66. The third-order valence-electron chi connectivity index (χ3n) is 6.21. The maximum absolute atomic E-state index is 10.9. The topological polar surface area (TPSA) is 47.3 Å². The molecule has 1 aliphatic rings. The van der Waals surface area contributed by atoms with E-state index in [-0.39, 0.29) is 25.1 Å². The molecule has 0 radical (unpaired) electrons. The van der Waals surface area contributed by atoms with Crippen molar-refractivity contribution in [1.82, 2.24) is 9.55 Å². The Morgan fingerprint density at radius 3 is 2.06 bits per heavy atom. The van der Waals surface area contributed by atoms with E-state index in [0.29, 0.717) is 12.5 Å². The Labute approximate surface area is 195 Å². The third-order valence-corrected chi connectivity index (χ3v) is 6.21. The summed E-state index contributed by atoms with van der Waals surface area (Å²) in [5, 5.41) is 10.9. The Balaban J connectivity index is 0.00000245. The van der Waals surface area contributed by atoms with Gasteiger partial charge in [-0.3, -0.25) is 0 Å². The van der Waals surface area contributed by atoms with Crippen molar-refractivity contribution in [2.75, 3.05) is 6.61 Å². The lowest BCUT2D eigenvalue weighted by molar-refractivity contribution is -0.000647. The van der Waals surface area contributed by atoms with E-state index < -0.39 is 6.10 Å². The van der Waals surface area contributed by atoms with E-state index in [0.717, 1.165) is 28.0 Å². The fourth-order valence-corrected chi connectivity index (χ4v) is 4.38. The molecule has 0 saturated heterocycles. The molecule has 166 valence electrons. The molecule has 1 aromatic heterocycles. The molecule has 5 rings (SSSR count). The molecule has 4 nitrogen and oxygen atoms in total. The van der Waals surface area contributed by atoms with E-state index in [1.807, 2.05) is 48.5 Å². The van der Waals surface area contributed by atoms with E-state index in [1.165, 1.54) is 19.3 Å². The minimum Gasteiger partial charge on any atom is -0.389 e. The number of benzene rings is 3. The molecule has 0 aliphatic heterocycles. The molecule has 1 aliphatic carbocycles. The number of hydrogen-bond acceptors (Lipinski definition) is 3. The molecule has 1 saturated carbocycles. The van der Waals surface area contributed by atoms with Crippen molar-refractivity contribution in [3.05, 3.63) is 102 Å². The summed E-state index contributed by atoms with van der Waals surface area (Å²) in [4.78, 5) is 4.89. The van der Waals surface area contributed by atoms with Gasteiger partial charge in [-0.1, -0.05) is 79.2 Å². The molecular formula is C27H29ClN2O2. The van der Waals surface area contributed by atoms with Crippen LogP contribution in [0.25, 0.3) is 11.0 Å². The quantitative estimate of drug-likeness (QED) is 0.365. The molecule has 5 heteroatoms. The van der Waals surface area contributed by atoms with Gasteiger partial charge < -0.3 is 14.4 Å². The number of ether oxygens (including phenoxy) is 1. The number of halogens is 1. The molecule has 1 N–H and O–H groups in total. The second-order valence-electron chi connectivity index (χ2n) is 8.39. The van der Waals surface area contributed by atoms with Gasteiger partial charge in [0.25, 0.3) is 0 Å². The first-order chi connectivity index (χ1) is 15.3. The van der Waals surface area contributed by atoms with Gasteiger partial charge in [0.15, 0.2) is 0 Å². The van der Waals surface area contributed by atoms with Crippen molar-refractivity contribution < 1.29 is 9.84 Å². The molecule has 0 spiro atoms. The summed E-state index contributed by atoms with van der Waals surface area (Å²) in [7, 11) is 0. The van der Waals surface area contributed by atoms with Crippen LogP contribution in [-0.4, -0.2) is 27.4 Å². The summed E-state index contributed by atoms with van der Waals surface area (Å²) in [6, 6.07) is 28.6. The fraction of sp³-hybridized carbons (Fsp3) is 0.296. The third kappa shape index (κ3) is 4.73. The lowest BCUT2D eigenvalue weighted by Crippen LogP contribution is -2.26. The van der Waals surface area contributed by atoms with Gasteiger partial charge in [-0.25, -0.2) is 4.98 Å². The van der Waals surface area contributed by atoms with Gasteiger partial charge in [-0.2, -0.15) is 0 Å². The van der Waals surface area contributed by atoms with Crippen LogP contribution in [0.4, 0.5) is 0 Å². The van der Waals surface area contributed by atoms with E-state index in [2.05, 4.69) is 41.0 Å². The molecule has 3 aromatic carbocycles. The molecule has 0 bridgehead atoms. The van der Waals surface area contributed by atoms with Crippen molar-refractivity contribution in [2.24, 2.45) is 0 Å². The zero-order chi connectivity index (χ0) is 21.0. The summed E-state index contributed by atoms with van der Waals surface area (Å²) in [5.41, 5.74) is 4.27. The zero-order valence-electron chi connectivity index (χ0n) is 18.0. The van der Waals surface area contributed by atoms with Crippen LogP contribution in [0.3, 0.4) is 0 Å². The van der Waals surface area contributed by atoms with Gasteiger partial charge in [0.2, 0.25) is 0 Å². The summed E-state index contributed by atoms with van der Waals surface area (Å²) in [5.74, 6) is 1.61. The van der Waals surface area contributed by atoms with Gasteiger partial charge in [0.05, 0.1) is 30.3 Å². The van der Waals surface area contributed by atoms with Gasteiger partial charge in [0.1, 0.15) is 11.9 Å². The number of fused-ring (bicyclic) bond motifs is 1. The molecule has 0 amide bonds. The van der Waals surface area contributed by atoms with Crippen molar-refractivity contribution in [1.29, 1.82) is 0 Å². The number of para-hydroxylation sites is 2. The van der Waals surface area contributed by atoms with Crippen LogP contribution in [0, 0.1) is 0 Å². The minimum absolute atomic E-state index is 0. The monoisotopic (exact) mass is 448 g/mol. The minimum atomic E-state index is -0.619. The summed E-state index contributed by atoms with van der Waals surface area (Å²) in [6.07, 6.45) is 2.80. The van der Waals surface area contributed by atoms with E-state index in [1.54, 1.807) is 0 Å². The van der Waals surface area contributed by atoms with Gasteiger partial charge in [-0.05, 0) is 36.1 Å². The maximum Gasteiger partial charge on any atom is 0.113 e. The van der Waals surface area contributed by atoms with Crippen LogP contribution in [-0.2, 0) is 11.3 Å². The average molecular weight is 449 g/mol. The molecule has 32 heavy (non-hydrogen) atoms. The SMILES string of the molecule is Cl.OC(COC(c1ccccc1)c1ccccc1)Cn1c(C2CCC2)nc2ccccc21. The number of imidazole rings is 1. The van der Waals surface area contributed by atoms with Gasteiger partial charge in [-0.15, -0.1) is 12.4 Å². The predicted molar refractivity (Wildman–Crippen MR) is 130 cm³/mol. The Bertz CT molecular complexity index is 1090. The normalized spacial score (nSPS) is 14.8. The molecule has 4 aromatic rings. The van der Waals surface area contributed by atoms with Crippen molar-refractivity contribution in [3.8, 4) is 0 Å². The Kier molecular flexibility index (Phi) is 7.26. The molecular weight excluding hydrogens is 420 g/mol. The second-order valence-corrected chi connectivity index (χ2v) is 8.39. The molecule has 1 heterocycles. The van der Waals surface area contributed by atoms with E-state index in [9.17, 15) is 5.11 Å². The van der Waals surface area contributed by atoms with Crippen molar-refractivity contribution in [3.63, 3.8) is 0 Å². The smallest absolute Gasteiger partial charge is 0.113 e. The number of nitrogens with zero attached hydrogens (tertiary/aromatic N) is 2. The number of rotatable bonds is 8. The average Bonchev–Trinajstić information content (AvgIpc) is 3.12. The number of aliphatic hydroxyl groups excluding tert-OH is 1. The highest BCUT2D eigenvalue weighted by Crippen LogP contribution is 2.37. The van der Waals surface area contributed by atoms with Crippen molar-refractivity contribution >= 4 is 23.4 Å². The van der Waals surface area contributed by atoms with Crippen LogP contribution >= 0.6 is 12.4 Å². The summed E-state index contributed by atoms with van der Waals surface area (Å²) in [6.45, 7) is 0.744. The number of aliphatic hydroxyl groups is 1. The van der Waals surface area contributed by atoms with Crippen LogP contribution in [0.1, 0.15) is 48.2 Å². The molecule has 1 atom stereocenters. The highest BCUT2D eigenvalue weighted by atomic mass is 35.5. The standard InChI is InChI=1S/C27H28N2O2.ClH/c30-23(18-29-25-17-8-7-16-24(25)28-27(29)22-14-9-15-22)19-31-26(20-10-3-1-4-11-20)21-12-5-2-6-13-21;/h1-8,10-13,16-17,22-23,26,30H,9,14-15,18-19H2;1H. The Morgan fingerprint density at radius 1 is 0.875 bits per heavy atom. The predicted octanol–water partition coefficient (Wildman–Crippen LogP) is 5.89. The fourth-order valence-electron chi connectivity index (χ4n) is 4.38. The summed E-state index contributed by atoms with van der Waals surface area (Å²) >= 11 is 0. The van der Waals surface area contributed by atoms with Crippen molar-refractivity contribution in [2.45, 2.75) is 43.9 Å². The van der Waals surface area contributed by atoms with Crippen LogP contribution in [0.2, 0.25) is 0 Å². The molecule has 1 unspecified atom stereocenters. The highest BCUT2D eigenvalue weighted by molar-refractivity contribution is 5.85. The van der Waals surface area contributed by atoms with E-state index in [4.69, 9.17) is 9.72 Å². The first-order valence-electron chi connectivity index (χ1n) is 11.1. The van der Waals surface area contributed by atoms with Gasteiger partial charge in [0, 0.05) is 5.92 Å². The maximum atomic E-state index is 10.9. The van der Waals surface area contributed by atoms with Gasteiger partial charge >= 0.3 is 0 Å². The summed E-state index contributed by atoms with van der Waals surface area (Å²) < 4.78 is 8.50. The lowest BCUT2D eigenvalue weighted by atomic mass is 9.85. The Morgan fingerprint density at radius 2 is 1.47 bits per heavy atom. The first kappa shape index (κ1) is 22.5. The molecule has 1 fully saturated rings. The zero-order valence-corrected chi connectivity index (χ0v) is 18.8. The van der Waals surface area contributed by atoms with E-state index >= 15 is 0 Å². The van der Waals surface area contributed by atoms with Crippen LogP contribution in [0.15, 0.2) is 84.9 Å². The lowest BCUT2D eigenvalue weighted by Gasteiger charge is -2.27. The first-order valence-corrected chi connectivity index (χ1v) is 11.1. The largest absolute Gasteiger partial charge is 0.389 e. The van der Waals surface area contributed by atoms with Crippen LogP contribution < -0.4 is 0 Å². The highest BCUT2D eigenvalue weighted by Gasteiger charge is 2.27. The second kappa shape index (κ2) is 10.3. The number of aromatic nitrogens is 2. The number of hydrogen-bond donors (Lipinski definition) is 1. The van der Waals surface area contributed by atoms with Crippen LogP contribution in [0.5, 0.6) is 0 Å².